The van der Waals surface area contributed by atoms with Gasteiger partial charge in [0.15, 0.2) is 5.65 Å². The van der Waals surface area contributed by atoms with Crippen molar-refractivity contribution < 1.29 is 9.47 Å². The van der Waals surface area contributed by atoms with Gasteiger partial charge in [-0.05, 0) is 31.5 Å². The second-order valence-electron chi connectivity index (χ2n) is 7.57. The lowest BCUT2D eigenvalue weighted by Gasteiger charge is -2.16. The smallest absolute Gasteiger partial charge is 0.205 e. The lowest BCUT2D eigenvalue weighted by Crippen LogP contribution is -2.12. The summed E-state index contributed by atoms with van der Waals surface area (Å²) in [6.07, 6.45) is 2.65. The Balaban J connectivity index is 1.68. The predicted molar refractivity (Wildman–Crippen MR) is 127 cm³/mol. The molecule has 5 rings (SSSR count). The fourth-order valence-corrected chi connectivity index (χ4v) is 3.88. The van der Waals surface area contributed by atoms with Gasteiger partial charge in [0.05, 0.1) is 18.6 Å². The zero-order valence-electron chi connectivity index (χ0n) is 19.1. The predicted octanol–water partition coefficient (Wildman–Crippen LogP) is 4.19. The molecule has 0 unspecified atom stereocenters. The van der Waals surface area contributed by atoms with Crippen molar-refractivity contribution in [3.8, 4) is 17.1 Å². The van der Waals surface area contributed by atoms with E-state index in [-0.39, 0.29) is 0 Å². The Hall–Kier alpha value is -3.95. The van der Waals surface area contributed by atoms with Gasteiger partial charge in [0, 0.05) is 13.2 Å². The summed E-state index contributed by atoms with van der Waals surface area (Å²) in [5.41, 5.74) is 5.21. The molecule has 0 aliphatic rings. The summed E-state index contributed by atoms with van der Waals surface area (Å²) in [4.78, 5) is 13.8. The van der Waals surface area contributed by atoms with Crippen molar-refractivity contribution in [2.45, 2.75) is 26.7 Å². The molecule has 0 saturated heterocycles. The van der Waals surface area contributed by atoms with Crippen molar-refractivity contribution in [2.75, 3.05) is 13.2 Å². The van der Waals surface area contributed by atoms with Gasteiger partial charge in [-0.3, -0.25) is 0 Å². The number of nitrogens with zero attached hydrogens (tertiary/aromatic N) is 7. The van der Waals surface area contributed by atoms with Crippen LogP contribution in [0.25, 0.3) is 28.2 Å². The number of fused-ring (bicyclic) bond motifs is 1. The zero-order chi connectivity index (χ0) is 23.3. The Morgan fingerprint density at radius 1 is 0.853 bits per heavy atom. The monoisotopic (exact) mass is 455 g/mol. The van der Waals surface area contributed by atoms with Crippen molar-refractivity contribution in [1.82, 2.24) is 34.5 Å². The maximum atomic E-state index is 5.87. The molecule has 0 aliphatic carbocycles. The third-order valence-electron chi connectivity index (χ3n) is 5.38. The van der Waals surface area contributed by atoms with Gasteiger partial charge in [-0.1, -0.05) is 53.7 Å². The number of hydrogen-bond donors (Lipinski definition) is 0. The van der Waals surface area contributed by atoms with Crippen LogP contribution in [0.3, 0.4) is 0 Å². The molecule has 0 fully saturated rings. The van der Waals surface area contributed by atoms with E-state index in [9.17, 15) is 0 Å². The summed E-state index contributed by atoms with van der Waals surface area (Å²) in [7, 11) is 0. The van der Waals surface area contributed by atoms with E-state index in [0.717, 1.165) is 16.9 Å². The van der Waals surface area contributed by atoms with Crippen LogP contribution in [-0.2, 0) is 16.0 Å². The minimum atomic E-state index is -0.682. The topological polar surface area (TPSA) is 92.8 Å². The number of ether oxygens (including phenoxy) is 2. The third kappa shape index (κ3) is 4.18. The number of para-hydroxylation sites is 1. The van der Waals surface area contributed by atoms with Crippen LogP contribution in [0.5, 0.6) is 0 Å². The Morgan fingerprint density at radius 3 is 2.26 bits per heavy atom. The minimum absolute atomic E-state index is 0.465. The summed E-state index contributed by atoms with van der Waals surface area (Å²) in [6, 6.07) is 20.0. The van der Waals surface area contributed by atoms with Crippen LogP contribution < -0.4 is 0 Å². The Bertz CT molecular complexity index is 1360. The minimum Gasteiger partial charge on any atom is -0.347 e. The molecule has 3 heterocycles. The van der Waals surface area contributed by atoms with Crippen molar-refractivity contribution in [1.29, 1.82) is 0 Å². The third-order valence-corrected chi connectivity index (χ3v) is 5.38. The SMILES string of the molecule is CCOC(OCC)c1nnn(-c2ccccc2)c1-c1ncnc2c1ncn2Cc1ccccc1. The van der Waals surface area contributed by atoms with E-state index < -0.39 is 6.29 Å². The molecular formula is C25H25N7O2. The molecule has 0 aliphatic heterocycles. The quantitative estimate of drug-likeness (QED) is 0.308. The molecule has 2 aromatic carbocycles. The molecule has 9 nitrogen and oxygen atoms in total. The average Bonchev–Trinajstić information content (AvgIpc) is 3.50. The molecule has 172 valence electrons. The lowest BCUT2D eigenvalue weighted by molar-refractivity contribution is -0.142. The van der Waals surface area contributed by atoms with Crippen LogP contribution in [0.1, 0.15) is 31.4 Å². The Kier molecular flexibility index (Phi) is 6.37. The van der Waals surface area contributed by atoms with E-state index in [1.807, 2.05) is 66.9 Å². The summed E-state index contributed by atoms with van der Waals surface area (Å²) in [5.74, 6) is 0. The number of rotatable bonds is 9. The highest BCUT2D eigenvalue weighted by Gasteiger charge is 2.28. The van der Waals surface area contributed by atoms with E-state index in [4.69, 9.17) is 9.47 Å². The summed E-state index contributed by atoms with van der Waals surface area (Å²) < 4.78 is 15.5. The van der Waals surface area contributed by atoms with Gasteiger partial charge >= 0.3 is 0 Å². The van der Waals surface area contributed by atoms with E-state index >= 15 is 0 Å². The molecule has 0 N–H and O–H groups in total. The van der Waals surface area contributed by atoms with Gasteiger partial charge in [-0.15, -0.1) is 5.10 Å². The maximum absolute atomic E-state index is 5.87. The van der Waals surface area contributed by atoms with Crippen molar-refractivity contribution in [2.24, 2.45) is 0 Å². The summed E-state index contributed by atoms with van der Waals surface area (Å²) in [5, 5.41) is 8.90. The van der Waals surface area contributed by atoms with E-state index in [0.29, 0.717) is 42.4 Å². The molecule has 9 heteroatoms. The van der Waals surface area contributed by atoms with E-state index in [2.05, 4.69) is 37.4 Å². The van der Waals surface area contributed by atoms with Gasteiger partial charge in [0.25, 0.3) is 0 Å². The molecule has 0 spiro atoms. The molecule has 0 amide bonds. The van der Waals surface area contributed by atoms with Crippen LogP contribution in [0.2, 0.25) is 0 Å². The fraction of sp³-hybridized carbons (Fsp3) is 0.240. The van der Waals surface area contributed by atoms with Crippen LogP contribution in [0, 0.1) is 0 Å². The van der Waals surface area contributed by atoms with E-state index in [1.54, 1.807) is 17.3 Å². The normalized spacial score (nSPS) is 11.5. The van der Waals surface area contributed by atoms with Crippen LogP contribution >= 0.6 is 0 Å². The molecule has 34 heavy (non-hydrogen) atoms. The largest absolute Gasteiger partial charge is 0.347 e. The van der Waals surface area contributed by atoms with Crippen LogP contribution in [-0.4, -0.2) is 47.7 Å². The second kappa shape index (κ2) is 9.90. The molecular weight excluding hydrogens is 430 g/mol. The van der Waals surface area contributed by atoms with Gasteiger partial charge in [0.1, 0.15) is 28.9 Å². The number of benzene rings is 2. The van der Waals surface area contributed by atoms with Gasteiger partial charge in [0.2, 0.25) is 6.29 Å². The first kappa shape index (κ1) is 21.9. The first-order valence-electron chi connectivity index (χ1n) is 11.2. The number of aromatic nitrogens is 7. The highest BCUT2D eigenvalue weighted by Crippen LogP contribution is 2.33. The van der Waals surface area contributed by atoms with E-state index in [1.165, 1.54) is 0 Å². The van der Waals surface area contributed by atoms with Gasteiger partial charge < -0.3 is 14.0 Å². The molecule has 5 aromatic rings. The first-order valence-corrected chi connectivity index (χ1v) is 11.2. The molecule has 0 radical (unpaired) electrons. The van der Waals surface area contributed by atoms with Crippen molar-refractivity contribution in [3.05, 3.63) is 84.6 Å². The Labute approximate surface area is 197 Å². The maximum Gasteiger partial charge on any atom is 0.205 e. The lowest BCUT2D eigenvalue weighted by atomic mass is 10.2. The van der Waals surface area contributed by atoms with Crippen LogP contribution in [0.15, 0.2) is 73.3 Å². The Morgan fingerprint density at radius 2 is 1.56 bits per heavy atom. The summed E-state index contributed by atoms with van der Waals surface area (Å²) in [6.45, 7) is 5.42. The van der Waals surface area contributed by atoms with Crippen molar-refractivity contribution >= 4 is 11.2 Å². The first-order chi connectivity index (χ1) is 16.8. The average molecular weight is 456 g/mol. The zero-order valence-corrected chi connectivity index (χ0v) is 19.1. The second-order valence-corrected chi connectivity index (χ2v) is 7.57. The number of imidazole rings is 1. The fourth-order valence-electron chi connectivity index (χ4n) is 3.88. The number of hydrogen-bond acceptors (Lipinski definition) is 7. The molecule has 3 aromatic heterocycles. The highest BCUT2D eigenvalue weighted by molar-refractivity contribution is 5.87. The standard InChI is InChI=1S/C25H25N7O2/c1-3-33-25(34-4-2)22-23(32(30-29-22)19-13-9-6-10-14-19)20-21-24(27-16-26-20)31(17-28-21)15-18-11-7-5-8-12-18/h5-14,16-17,25H,3-4,15H2,1-2H3. The highest BCUT2D eigenvalue weighted by atomic mass is 16.7. The van der Waals surface area contributed by atoms with Crippen molar-refractivity contribution in [3.63, 3.8) is 0 Å². The summed E-state index contributed by atoms with van der Waals surface area (Å²) >= 11 is 0. The van der Waals surface area contributed by atoms with Gasteiger partial charge in [-0.25, -0.2) is 19.6 Å². The molecule has 0 bridgehead atoms. The molecule has 0 atom stereocenters. The van der Waals surface area contributed by atoms with Gasteiger partial charge in [-0.2, -0.15) is 0 Å². The van der Waals surface area contributed by atoms with Crippen LogP contribution in [0.4, 0.5) is 0 Å². The molecule has 0 saturated carbocycles.